The molecule has 0 aliphatic carbocycles. The maximum absolute atomic E-state index is 5.60. The molecule has 1 aromatic heterocycles. The van der Waals surface area contributed by atoms with Gasteiger partial charge in [-0.15, -0.1) is 0 Å². The van der Waals surface area contributed by atoms with Gasteiger partial charge in [-0.3, -0.25) is 4.90 Å². The molecule has 0 bridgehead atoms. The number of nitrogens with one attached hydrogen (secondary N) is 1. The lowest BCUT2D eigenvalue weighted by Crippen LogP contribution is -2.46. The molecular weight excluding hydrogens is 324 g/mol. The summed E-state index contributed by atoms with van der Waals surface area (Å²) in [5.74, 6) is 2.11. The van der Waals surface area contributed by atoms with E-state index in [1.54, 1.807) is 7.11 Å². The van der Waals surface area contributed by atoms with Crippen molar-refractivity contribution < 1.29 is 4.74 Å². The van der Waals surface area contributed by atoms with E-state index < -0.39 is 0 Å². The molecule has 136 valence electrons. The summed E-state index contributed by atoms with van der Waals surface area (Å²) in [5.41, 5.74) is 3.53. The summed E-state index contributed by atoms with van der Waals surface area (Å²) in [7, 11) is 3.86. The van der Waals surface area contributed by atoms with Crippen LogP contribution in [-0.2, 0) is 13.5 Å². The summed E-state index contributed by atoms with van der Waals surface area (Å²) in [6.07, 6.45) is 0.941. The molecular formula is C21H26N4O. The number of hydrogen-bond donors (Lipinski definition) is 1. The fraction of sp³-hybridized carbons (Fsp3) is 0.381. The second-order valence-electron chi connectivity index (χ2n) is 6.82. The first-order valence-corrected chi connectivity index (χ1v) is 9.26. The zero-order chi connectivity index (χ0) is 17.9. The van der Waals surface area contributed by atoms with E-state index in [0.29, 0.717) is 6.04 Å². The van der Waals surface area contributed by atoms with Gasteiger partial charge in [0, 0.05) is 45.2 Å². The maximum atomic E-state index is 5.60. The Bertz CT molecular complexity index is 889. The predicted molar refractivity (Wildman–Crippen MR) is 105 cm³/mol. The smallest absolute Gasteiger partial charge is 0.123 e. The highest BCUT2D eigenvalue weighted by Crippen LogP contribution is 2.30. The number of aryl methyl sites for hydroxylation is 1. The molecule has 0 saturated carbocycles. The highest BCUT2D eigenvalue weighted by atomic mass is 16.5. The fourth-order valence-electron chi connectivity index (χ4n) is 3.93. The van der Waals surface area contributed by atoms with E-state index in [1.807, 2.05) is 18.2 Å². The van der Waals surface area contributed by atoms with Crippen molar-refractivity contribution in [3.05, 3.63) is 59.9 Å². The number of hydrogen-bond acceptors (Lipinski definition) is 4. The standard InChI is InChI=1S/C21H26N4O/c1-24-18-9-5-4-8-17(18)23-21(24)11-13-25-14-12-22-15-19(25)16-7-3-6-10-20(16)26-2/h3-10,19,22H,11-15H2,1-2H3. The van der Waals surface area contributed by atoms with Crippen molar-refractivity contribution in [2.75, 3.05) is 33.3 Å². The van der Waals surface area contributed by atoms with Gasteiger partial charge in [-0.05, 0) is 18.2 Å². The Hall–Kier alpha value is -2.37. The molecule has 5 nitrogen and oxygen atoms in total. The van der Waals surface area contributed by atoms with Crippen molar-refractivity contribution in [2.45, 2.75) is 12.5 Å². The van der Waals surface area contributed by atoms with Crippen LogP contribution in [0.5, 0.6) is 5.75 Å². The van der Waals surface area contributed by atoms with Gasteiger partial charge in [0.2, 0.25) is 0 Å². The first-order valence-electron chi connectivity index (χ1n) is 9.26. The SMILES string of the molecule is COc1ccccc1C1CNCCN1CCc1nc2ccccc2n1C. The Morgan fingerprint density at radius 2 is 1.96 bits per heavy atom. The third kappa shape index (κ3) is 3.20. The number of para-hydroxylation sites is 3. The van der Waals surface area contributed by atoms with Crippen molar-refractivity contribution in [1.82, 2.24) is 19.8 Å². The van der Waals surface area contributed by atoms with Crippen molar-refractivity contribution >= 4 is 11.0 Å². The zero-order valence-corrected chi connectivity index (χ0v) is 15.5. The largest absolute Gasteiger partial charge is 0.496 e. The molecule has 1 aliphatic rings. The molecule has 1 aliphatic heterocycles. The molecule has 1 N–H and O–H groups in total. The lowest BCUT2D eigenvalue weighted by atomic mass is 10.0. The van der Waals surface area contributed by atoms with Crippen molar-refractivity contribution in [3.8, 4) is 5.75 Å². The van der Waals surface area contributed by atoms with Gasteiger partial charge in [0.1, 0.15) is 11.6 Å². The van der Waals surface area contributed by atoms with Crippen LogP contribution in [0.1, 0.15) is 17.4 Å². The predicted octanol–water partition coefficient (Wildman–Crippen LogP) is 2.77. The second-order valence-corrected chi connectivity index (χ2v) is 6.82. The van der Waals surface area contributed by atoms with E-state index >= 15 is 0 Å². The molecule has 3 aromatic rings. The molecule has 1 fully saturated rings. The minimum atomic E-state index is 0.328. The minimum Gasteiger partial charge on any atom is -0.496 e. The number of imidazole rings is 1. The Morgan fingerprint density at radius 1 is 1.15 bits per heavy atom. The van der Waals surface area contributed by atoms with Crippen LogP contribution < -0.4 is 10.1 Å². The average molecular weight is 350 g/mol. The molecule has 0 spiro atoms. The van der Waals surface area contributed by atoms with E-state index in [0.717, 1.165) is 49.7 Å². The number of methoxy groups -OCH3 is 1. The molecule has 2 heterocycles. The highest BCUT2D eigenvalue weighted by molar-refractivity contribution is 5.75. The van der Waals surface area contributed by atoms with Crippen LogP contribution in [0.25, 0.3) is 11.0 Å². The monoisotopic (exact) mass is 350 g/mol. The Morgan fingerprint density at radius 3 is 2.81 bits per heavy atom. The molecule has 5 heteroatoms. The van der Waals surface area contributed by atoms with Gasteiger partial charge in [-0.1, -0.05) is 30.3 Å². The van der Waals surface area contributed by atoms with Crippen LogP contribution >= 0.6 is 0 Å². The molecule has 2 aromatic carbocycles. The summed E-state index contributed by atoms with van der Waals surface area (Å²) in [6, 6.07) is 17.0. The molecule has 26 heavy (non-hydrogen) atoms. The number of fused-ring (bicyclic) bond motifs is 1. The van der Waals surface area contributed by atoms with Crippen molar-refractivity contribution in [3.63, 3.8) is 0 Å². The number of benzene rings is 2. The van der Waals surface area contributed by atoms with Crippen LogP contribution in [0.15, 0.2) is 48.5 Å². The number of aromatic nitrogens is 2. The van der Waals surface area contributed by atoms with Gasteiger partial charge in [0.05, 0.1) is 24.2 Å². The minimum absolute atomic E-state index is 0.328. The second kappa shape index (κ2) is 7.48. The third-order valence-corrected chi connectivity index (χ3v) is 5.35. The van der Waals surface area contributed by atoms with Crippen LogP contribution in [0, 0.1) is 0 Å². The molecule has 0 amide bonds. The molecule has 1 atom stereocenters. The van der Waals surface area contributed by atoms with Gasteiger partial charge in [0.15, 0.2) is 0 Å². The summed E-state index contributed by atoms with van der Waals surface area (Å²) in [4.78, 5) is 7.37. The van der Waals surface area contributed by atoms with Crippen molar-refractivity contribution in [1.29, 1.82) is 0 Å². The van der Waals surface area contributed by atoms with Crippen LogP contribution in [0.4, 0.5) is 0 Å². The van der Waals surface area contributed by atoms with Gasteiger partial charge < -0.3 is 14.6 Å². The Balaban J connectivity index is 1.54. The summed E-state index contributed by atoms with van der Waals surface area (Å²) < 4.78 is 7.82. The number of ether oxygens (including phenoxy) is 1. The topological polar surface area (TPSA) is 42.3 Å². The van der Waals surface area contributed by atoms with Crippen LogP contribution in [-0.4, -0.2) is 47.7 Å². The lowest BCUT2D eigenvalue weighted by Gasteiger charge is -2.37. The van der Waals surface area contributed by atoms with Crippen molar-refractivity contribution in [2.24, 2.45) is 7.05 Å². The van der Waals surface area contributed by atoms with Gasteiger partial charge in [0.25, 0.3) is 0 Å². The van der Waals surface area contributed by atoms with Gasteiger partial charge in [-0.2, -0.15) is 0 Å². The van der Waals surface area contributed by atoms with E-state index in [2.05, 4.69) is 52.2 Å². The van der Waals surface area contributed by atoms with Crippen LogP contribution in [0.3, 0.4) is 0 Å². The third-order valence-electron chi connectivity index (χ3n) is 5.35. The Kier molecular flexibility index (Phi) is 4.91. The average Bonchev–Trinajstić information content (AvgIpc) is 3.02. The zero-order valence-electron chi connectivity index (χ0n) is 15.5. The Labute approximate surface area is 154 Å². The quantitative estimate of drug-likeness (QED) is 0.768. The molecule has 1 unspecified atom stereocenters. The van der Waals surface area contributed by atoms with Crippen LogP contribution in [0.2, 0.25) is 0 Å². The normalized spacial score (nSPS) is 18.3. The van der Waals surface area contributed by atoms with E-state index in [9.17, 15) is 0 Å². The number of piperazine rings is 1. The molecule has 1 saturated heterocycles. The fourth-order valence-corrected chi connectivity index (χ4v) is 3.93. The molecule has 0 radical (unpaired) electrons. The number of rotatable bonds is 5. The maximum Gasteiger partial charge on any atom is 0.123 e. The number of nitrogens with zero attached hydrogens (tertiary/aromatic N) is 3. The first kappa shape index (κ1) is 17.1. The van der Waals surface area contributed by atoms with Gasteiger partial charge in [-0.25, -0.2) is 4.98 Å². The lowest BCUT2D eigenvalue weighted by molar-refractivity contribution is 0.160. The van der Waals surface area contributed by atoms with Gasteiger partial charge >= 0.3 is 0 Å². The summed E-state index contributed by atoms with van der Waals surface area (Å²) in [5, 5.41) is 3.53. The highest BCUT2D eigenvalue weighted by Gasteiger charge is 2.26. The summed E-state index contributed by atoms with van der Waals surface area (Å²) >= 11 is 0. The summed E-state index contributed by atoms with van der Waals surface area (Å²) in [6.45, 7) is 3.99. The van der Waals surface area contributed by atoms with E-state index in [1.165, 1.54) is 11.1 Å². The first-order chi connectivity index (χ1) is 12.8. The molecule has 4 rings (SSSR count). The van der Waals surface area contributed by atoms with E-state index in [-0.39, 0.29) is 0 Å². The van der Waals surface area contributed by atoms with E-state index in [4.69, 9.17) is 9.72 Å².